The number of aromatic amines is 1. The average molecular weight is 231 g/mol. The summed E-state index contributed by atoms with van der Waals surface area (Å²) in [7, 11) is 0. The van der Waals surface area contributed by atoms with Crippen molar-refractivity contribution in [3.05, 3.63) is 42.2 Å². The fraction of sp³-hybridized carbons (Fsp3) is 0.0909. The van der Waals surface area contributed by atoms with Gasteiger partial charge in [-0.1, -0.05) is 6.07 Å². The molecular formula is C11H13N5O. The molecule has 1 heterocycles. The molecule has 0 spiro atoms. The van der Waals surface area contributed by atoms with Gasteiger partial charge in [-0.3, -0.25) is 5.10 Å². The first-order chi connectivity index (χ1) is 8.24. The van der Waals surface area contributed by atoms with Crippen molar-refractivity contribution in [2.75, 3.05) is 10.6 Å². The quantitative estimate of drug-likeness (QED) is 0.642. The summed E-state index contributed by atoms with van der Waals surface area (Å²) in [4.78, 5) is 10.7. The Morgan fingerprint density at radius 3 is 2.88 bits per heavy atom. The second-order valence-electron chi connectivity index (χ2n) is 3.51. The van der Waals surface area contributed by atoms with Crippen LogP contribution in [0.1, 0.15) is 5.69 Å². The molecule has 2 rings (SSSR count). The first kappa shape index (κ1) is 11.0. The third-order valence-electron chi connectivity index (χ3n) is 2.17. The van der Waals surface area contributed by atoms with Crippen LogP contribution in [0.4, 0.5) is 16.2 Å². The normalized spacial score (nSPS) is 9.88. The van der Waals surface area contributed by atoms with Crippen molar-refractivity contribution >= 4 is 17.4 Å². The molecule has 1 aromatic heterocycles. The Labute approximate surface area is 98.2 Å². The maximum Gasteiger partial charge on any atom is 0.316 e. The van der Waals surface area contributed by atoms with Crippen molar-refractivity contribution in [3.8, 4) is 0 Å². The van der Waals surface area contributed by atoms with Crippen molar-refractivity contribution in [2.24, 2.45) is 5.73 Å². The Kier molecular flexibility index (Phi) is 3.25. The summed E-state index contributed by atoms with van der Waals surface area (Å²) in [5.74, 6) is 0. The largest absolute Gasteiger partial charge is 0.379 e. The molecule has 17 heavy (non-hydrogen) atoms. The summed E-state index contributed by atoms with van der Waals surface area (Å²) < 4.78 is 0. The highest BCUT2D eigenvalue weighted by molar-refractivity contribution is 5.88. The summed E-state index contributed by atoms with van der Waals surface area (Å²) in [5.41, 5.74) is 7.58. The van der Waals surface area contributed by atoms with E-state index in [1.807, 2.05) is 18.2 Å². The van der Waals surface area contributed by atoms with E-state index >= 15 is 0 Å². The molecule has 0 fully saturated rings. The van der Waals surface area contributed by atoms with Crippen molar-refractivity contribution in [3.63, 3.8) is 0 Å². The van der Waals surface area contributed by atoms with Crippen LogP contribution in [0.3, 0.4) is 0 Å². The zero-order chi connectivity index (χ0) is 12.1. The molecule has 0 aliphatic carbocycles. The minimum atomic E-state index is -0.573. The molecule has 0 unspecified atom stereocenters. The SMILES string of the molecule is NC(=O)Nc1cccc(NCc2ccn[nH]2)c1. The predicted molar refractivity (Wildman–Crippen MR) is 65.6 cm³/mol. The van der Waals surface area contributed by atoms with E-state index < -0.39 is 6.03 Å². The number of aromatic nitrogens is 2. The molecule has 2 amide bonds. The highest BCUT2D eigenvalue weighted by Gasteiger charge is 1.98. The molecule has 6 heteroatoms. The Balaban J connectivity index is 1.98. The summed E-state index contributed by atoms with van der Waals surface area (Å²) in [5, 5.41) is 12.4. The Hall–Kier alpha value is -2.50. The van der Waals surface area contributed by atoms with Crippen molar-refractivity contribution in [1.29, 1.82) is 0 Å². The number of H-pyrrole nitrogens is 1. The van der Waals surface area contributed by atoms with Gasteiger partial charge in [0.05, 0.1) is 12.2 Å². The number of amides is 2. The van der Waals surface area contributed by atoms with E-state index in [9.17, 15) is 4.79 Å². The molecule has 5 N–H and O–H groups in total. The number of nitrogens with one attached hydrogen (secondary N) is 3. The topological polar surface area (TPSA) is 95.8 Å². The lowest BCUT2D eigenvalue weighted by Crippen LogP contribution is -2.19. The van der Waals surface area contributed by atoms with Crippen LogP contribution >= 0.6 is 0 Å². The summed E-state index contributed by atoms with van der Waals surface area (Å²) in [6.07, 6.45) is 1.70. The van der Waals surface area contributed by atoms with Gasteiger partial charge in [-0.25, -0.2) is 4.79 Å². The van der Waals surface area contributed by atoms with Gasteiger partial charge in [-0.15, -0.1) is 0 Å². The van der Waals surface area contributed by atoms with Crippen LogP contribution in [0.2, 0.25) is 0 Å². The van der Waals surface area contributed by atoms with E-state index in [4.69, 9.17) is 5.73 Å². The monoisotopic (exact) mass is 231 g/mol. The van der Waals surface area contributed by atoms with Crippen LogP contribution in [0.5, 0.6) is 0 Å². The number of primary amides is 1. The van der Waals surface area contributed by atoms with Gasteiger partial charge in [0, 0.05) is 17.6 Å². The number of hydrogen-bond acceptors (Lipinski definition) is 3. The van der Waals surface area contributed by atoms with Crippen LogP contribution in [0.15, 0.2) is 36.5 Å². The fourth-order valence-electron chi connectivity index (χ4n) is 1.43. The van der Waals surface area contributed by atoms with Crippen LogP contribution in [0.25, 0.3) is 0 Å². The number of carbonyl (C=O) groups is 1. The van der Waals surface area contributed by atoms with Gasteiger partial charge >= 0.3 is 6.03 Å². The highest BCUT2D eigenvalue weighted by Crippen LogP contribution is 2.15. The number of hydrogen-bond donors (Lipinski definition) is 4. The fourth-order valence-corrected chi connectivity index (χ4v) is 1.43. The van der Waals surface area contributed by atoms with Gasteiger partial charge in [0.15, 0.2) is 0 Å². The molecule has 6 nitrogen and oxygen atoms in total. The zero-order valence-electron chi connectivity index (χ0n) is 9.10. The number of nitrogens with two attached hydrogens (primary N) is 1. The van der Waals surface area contributed by atoms with Gasteiger partial charge in [0.1, 0.15) is 0 Å². The molecule has 0 aliphatic heterocycles. The van der Waals surface area contributed by atoms with E-state index in [1.54, 1.807) is 18.3 Å². The molecule has 0 atom stereocenters. The van der Waals surface area contributed by atoms with E-state index in [2.05, 4.69) is 20.8 Å². The van der Waals surface area contributed by atoms with Crippen molar-refractivity contribution in [2.45, 2.75) is 6.54 Å². The number of benzene rings is 1. The van der Waals surface area contributed by atoms with Crippen LogP contribution < -0.4 is 16.4 Å². The number of nitrogens with zero attached hydrogens (tertiary/aromatic N) is 1. The van der Waals surface area contributed by atoms with Crippen molar-refractivity contribution in [1.82, 2.24) is 10.2 Å². The summed E-state index contributed by atoms with van der Waals surface area (Å²) in [6, 6.07) is 8.63. The van der Waals surface area contributed by atoms with Crippen LogP contribution in [-0.2, 0) is 6.54 Å². The molecule has 2 aromatic rings. The lowest BCUT2D eigenvalue weighted by atomic mass is 10.2. The number of rotatable bonds is 4. The molecule has 0 aliphatic rings. The average Bonchev–Trinajstić information content (AvgIpc) is 2.79. The molecule has 1 aromatic carbocycles. The van der Waals surface area contributed by atoms with Gasteiger partial charge in [-0.05, 0) is 24.3 Å². The maximum atomic E-state index is 10.7. The number of anilines is 2. The molecular weight excluding hydrogens is 218 g/mol. The minimum Gasteiger partial charge on any atom is -0.379 e. The summed E-state index contributed by atoms with van der Waals surface area (Å²) >= 11 is 0. The minimum absolute atomic E-state index is 0.573. The standard InChI is InChI=1S/C11H13N5O/c12-11(17)15-9-3-1-2-8(6-9)13-7-10-4-5-14-16-10/h1-6,13H,7H2,(H,14,16)(H3,12,15,17). The van der Waals surface area contributed by atoms with Gasteiger partial charge < -0.3 is 16.4 Å². The lowest BCUT2D eigenvalue weighted by Gasteiger charge is -2.07. The molecule has 88 valence electrons. The third kappa shape index (κ3) is 3.23. The Morgan fingerprint density at radius 2 is 2.18 bits per heavy atom. The predicted octanol–water partition coefficient (Wildman–Crippen LogP) is 1.51. The molecule has 0 radical (unpaired) electrons. The third-order valence-corrected chi connectivity index (χ3v) is 2.17. The van der Waals surface area contributed by atoms with E-state index in [0.717, 1.165) is 11.4 Å². The Morgan fingerprint density at radius 1 is 1.35 bits per heavy atom. The van der Waals surface area contributed by atoms with E-state index in [1.165, 1.54) is 0 Å². The summed E-state index contributed by atoms with van der Waals surface area (Å²) in [6.45, 7) is 0.639. The lowest BCUT2D eigenvalue weighted by molar-refractivity contribution is 0.259. The maximum absolute atomic E-state index is 10.7. The molecule has 0 bridgehead atoms. The van der Waals surface area contributed by atoms with Crippen LogP contribution in [0, 0.1) is 0 Å². The first-order valence-electron chi connectivity index (χ1n) is 5.13. The Bertz CT molecular complexity index is 494. The van der Waals surface area contributed by atoms with E-state index in [-0.39, 0.29) is 0 Å². The smallest absolute Gasteiger partial charge is 0.316 e. The van der Waals surface area contributed by atoms with Gasteiger partial charge in [-0.2, -0.15) is 5.10 Å². The van der Waals surface area contributed by atoms with Gasteiger partial charge in [0.2, 0.25) is 0 Å². The van der Waals surface area contributed by atoms with Gasteiger partial charge in [0.25, 0.3) is 0 Å². The second-order valence-corrected chi connectivity index (χ2v) is 3.51. The van der Waals surface area contributed by atoms with E-state index in [0.29, 0.717) is 12.2 Å². The molecule has 0 saturated carbocycles. The van der Waals surface area contributed by atoms with Crippen LogP contribution in [-0.4, -0.2) is 16.2 Å². The number of urea groups is 1. The zero-order valence-corrected chi connectivity index (χ0v) is 9.10. The highest BCUT2D eigenvalue weighted by atomic mass is 16.2. The second kappa shape index (κ2) is 5.02. The molecule has 0 saturated heterocycles. The van der Waals surface area contributed by atoms with Crippen molar-refractivity contribution < 1.29 is 4.79 Å². The first-order valence-corrected chi connectivity index (χ1v) is 5.13. The number of carbonyl (C=O) groups excluding carboxylic acids is 1.